The van der Waals surface area contributed by atoms with Crippen molar-refractivity contribution in [3.8, 4) is 11.1 Å². The Kier molecular flexibility index (Phi) is 15.6. The van der Waals surface area contributed by atoms with Crippen LogP contribution in [0.1, 0.15) is 93.1 Å². The van der Waals surface area contributed by atoms with Gasteiger partial charge < -0.3 is 15.4 Å². The molecule has 0 saturated carbocycles. The van der Waals surface area contributed by atoms with Gasteiger partial charge in [0.15, 0.2) is 5.78 Å². The highest BCUT2D eigenvalue weighted by Crippen LogP contribution is 2.26. The molecule has 0 aromatic heterocycles. The highest BCUT2D eigenvalue weighted by molar-refractivity contribution is 6.12. The van der Waals surface area contributed by atoms with Crippen molar-refractivity contribution < 1.29 is 19.1 Å². The fourth-order valence-electron chi connectivity index (χ4n) is 5.86. The molecule has 4 aromatic rings. The molecule has 0 saturated heterocycles. The minimum Gasteiger partial charge on any atom is -0.464 e. The average Bonchev–Trinajstić information content (AvgIpc) is 3.16. The number of carbonyl (C=O) groups excluding carboxylic acids is 3. The number of urea groups is 1. The van der Waals surface area contributed by atoms with E-state index in [2.05, 4.69) is 24.5 Å². The van der Waals surface area contributed by atoms with Crippen LogP contribution in [0.4, 0.5) is 16.2 Å². The van der Waals surface area contributed by atoms with Gasteiger partial charge in [-0.1, -0.05) is 138 Å². The summed E-state index contributed by atoms with van der Waals surface area (Å²) in [6.45, 7) is 5.38. The van der Waals surface area contributed by atoms with E-state index in [4.69, 9.17) is 4.74 Å². The first-order valence-corrected chi connectivity index (χ1v) is 18.2. The molecule has 0 aliphatic heterocycles. The number of hydrogen-bond donors (Lipinski definition) is 2. The summed E-state index contributed by atoms with van der Waals surface area (Å²) in [7, 11) is 1.79. The zero-order valence-corrected chi connectivity index (χ0v) is 30.0. The van der Waals surface area contributed by atoms with Crippen molar-refractivity contribution in [2.45, 2.75) is 84.1 Å². The van der Waals surface area contributed by atoms with Crippen LogP contribution >= 0.6 is 0 Å². The van der Waals surface area contributed by atoms with E-state index < -0.39 is 6.04 Å². The van der Waals surface area contributed by atoms with Gasteiger partial charge in [-0.25, -0.2) is 9.59 Å². The van der Waals surface area contributed by atoms with Crippen LogP contribution in [-0.2, 0) is 16.0 Å². The van der Waals surface area contributed by atoms with E-state index in [9.17, 15) is 14.4 Å². The predicted octanol–water partition coefficient (Wildman–Crippen LogP) is 9.85. The van der Waals surface area contributed by atoms with Gasteiger partial charge in [0.25, 0.3) is 0 Å². The number of benzene rings is 4. The van der Waals surface area contributed by atoms with E-state index in [0.29, 0.717) is 36.4 Å². The second kappa shape index (κ2) is 20.6. The van der Waals surface area contributed by atoms with Crippen molar-refractivity contribution >= 4 is 29.2 Å². The molecule has 0 aliphatic carbocycles. The minimum atomic E-state index is -0.695. The van der Waals surface area contributed by atoms with E-state index >= 15 is 0 Å². The number of ketones is 1. The summed E-state index contributed by atoms with van der Waals surface area (Å²) in [4.78, 5) is 41.4. The smallest absolute Gasteiger partial charge is 0.328 e. The fraction of sp³-hybridized carbons (Fsp3) is 0.372. The Bertz CT molecular complexity index is 1640. The third-order valence-electron chi connectivity index (χ3n) is 8.89. The maximum absolute atomic E-state index is 13.5. The number of amides is 2. The SMILES string of the molecule is CCCCCCCNC(=O)N(C)c1cccc(-c2ccc(C[C@H](Nc3ccccc3C(=O)c3ccccc3)C(=O)OCCCCCC)cc2)c1. The lowest BCUT2D eigenvalue weighted by Gasteiger charge is -2.21. The molecule has 7 heteroatoms. The number of unbranched alkanes of at least 4 members (excludes halogenated alkanes) is 7. The van der Waals surface area contributed by atoms with E-state index in [-0.39, 0.29) is 17.8 Å². The van der Waals surface area contributed by atoms with Crippen LogP contribution in [0.15, 0.2) is 103 Å². The molecule has 0 aliphatic rings. The lowest BCUT2D eigenvalue weighted by atomic mass is 9.98. The molecule has 0 unspecified atom stereocenters. The molecule has 0 spiro atoms. The largest absolute Gasteiger partial charge is 0.464 e. The second-order valence-electron chi connectivity index (χ2n) is 12.8. The van der Waals surface area contributed by atoms with Crippen molar-refractivity contribution in [2.75, 3.05) is 30.4 Å². The molecule has 50 heavy (non-hydrogen) atoms. The summed E-state index contributed by atoms with van der Waals surface area (Å²) < 4.78 is 5.75. The monoisotopic (exact) mass is 675 g/mol. The van der Waals surface area contributed by atoms with Gasteiger partial charge in [-0.3, -0.25) is 9.69 Å². The second-order valence-corrected chi connectivity index (χ2v) is 12.8. The summed E-state index contributed by atoms with van der Waals surface area (Å²) in [5.74, 6) is -0.458. The molecule has 0 heterocycles. The maximum Gasteiger partial charge on any atom is 0.328 e. The first-order chi connectivity index (χ1) is 24.4. The topological polar surface area (TPSA) is 87.7 Å². The number of carbonyl (C=O) groups is 3. The van der Waals surface area contributed by atoms with E-state index in [0.717, 1.165) is 60.9 Å². The standard InChI is InChI=1S/C43H53N3O4/c1-4-6-8-10-16-29-44-43(49)46(3)37-22-18-21-36(32-37)34-27-25-33(26-28-34)31-40(42(48)50-30-17-9-7-5-2)45-39-24-15-14-23-38(39)41(47)35-19-12-11-13-20-35/h11-15,18-28,32,40,45H,4-10,16-17,29-31H2,1-3H3,(H,44,49)/t40-/m0/s1. The van der Waals surface area contributed by atoms with E-state index in [1.165, 1.54) is 19.3 Å². The van der Waals surface area contributed by atoms with Crippen molar-refractivity contribution in [2.24, 2.45) is 0 Å². The Balaban J connectivity index is 1.46. The Labute approximate surface area is 298 Å². The summed E-state index contributed by atoms with van der Waals surface area (Å²) in [6, 6.07) is 31.7. The minimum absolute atomic E-state index is 0.113. The highest BCUT2D eigenvalue weighted by atomic mass is 16.5. The molecule has 2 N–H and O–H groups in total. The number of anilines is 2. The summed E-state index contributed by atoms with van der Waals surface area (Å²) >= 11 is 0. The van der Waals surface area contributed by atoms with E-state index in [1.807, 2.05) is 84.9 Å². The Morgan fingerprint density at radius 2 is 1.38 bits per heavy atom. The maximum atomic E-state index is 13.5. The zero-order valence-electron chi connectivity index (χ0n) is 30.0. The van der Waals surface area contributed by atoms with Crippen LogP contribution in [0, 0.1) is 0 Å². The molecule has 7 nitrogen and oxygen atoms in total. The third-order valence-corrected chi connectivity index (χ3v) is 8.89. The van der Waals surface area contributed by atoms with Crippen LogP contribution in [-0.4, -0.2) is 44.0 Å². The van der Waals surface area contributed by atoms with E-state index in [1.54, 1.807) is 30.1 Å². The molecular weight excluding hydrogens is 622 g/mol. The molecule has 0 fully saturated rings. The number of ether oxygens (including phenoxy) is 1. The van der Waals surface area contributed by atoms with Crippen LogP contribution in [0.25, 0.3) is 11.1 Å². The Morgan fingerprint density at radius 1 is 0.700 bits per heavy atom. The molecular formula is C43H53N3O4. The van der Waals surface area contributed by atoms with Gasteiger partial charge in [0, 0.05) is 42.5 Å². The first-order valence-electron chi connectivity index (χ1n) is 18.2. The van der Waals surface area contributed by atoms with Crippen molar-refractivity contribution in [3.05, 3.63) is 120 Å². The van der Waals surface area contributed by atoms with Gasteiger partial charge in [0.2, 0.25) is 0 Å². The molecule has 0 bridgehead atoms. The van der Waals surface area contributed by atoms with Gasteiger partial charge >= 0.3 is 12.0 Å². The summed E-state index contributed by atoms with van der Waals surface area (Å²) in [6.07, 6.45) is 10.2. The fourth-order valence-corrected chi connectivity index (χ4v) is 5.86. The number of nitrogens with one attached hydrogen (secondary N) is 2. The van der Waals surface area contributed by atoms with Gasteiger partial charge in [-0.15, -0.1) is 0 Å². The third kappa shape index (κ3) is 11.6. The number of nitrogens with zero attached hydrogens (tertiary/aromatic N) is 1. The molecule has 0 radical (unpaired) electrons. The Morgan fingerprint density at radius 3 is 2.12 bits per heavy atom. The average molecular weight is 676 g/mol. The molecule has 264 valence electrons. The van der Waals surface area contributed by atoms with Gasteiger partial charge in [-0.2, -0.15) is 0 Å². The lowest BCUT2D eigenvalue weighted by Crippen LogP contribution is -2.37. The molecule has 2 amide bonds. The number of rotatable bonds is 20. The quantitative estimate of drug-likeness (QED) is 0.0553. The van der Waals surface area contributed by atoms with Crippen LogP contribution in [0.3, 0.4) is 0 Å². The first kappa shape index (κ1) is 37.9. The number of esters is 1. The van der Waals surface area contributed by atoms with Gasteiger partial charge in [0.05, 0.1) is 6.61 Å². The molecule has 1 atom stereocenters. The zero-order chi connectivity index (χ0) is 35.6. The van der Waals surface area contributed by atoms with Crippen LogP contribution in [0.5, 0.6) is 0 Å². The normalized spacial score (nSPS) is 11.4. The molecule has 4 aromatic carbocycles. The van der Waals surface area contributed by atoms with Crippen LogP contribution < -0.4 is 15.5 Å². The number of hydrogen-bond acceptors (Lipinski definition) is 5. The number of para-hydroxylation sites is 1. The van der Waals surface area contributed by atoms with Gasteiger partial charge in [0.1, 0.15) is 6.04 Å². The highest BCUT2D eigenvalue weighted by Gasteiger charge is 2.23. The lowest BCUT2D eigenvalue weighted by molar-refractivity contribution is -0.144. The summed E-state index contributed by atoms with van der Waals surface area (Å²) in [5.41, 5.74) is 5.43. The van der Waals surface area contributed by atoms with Crippen molar-refractivity contribution in [1.82, 2.24) is 5.32 Å². The van der Waals surface area contributed by atoms with Crippen molar-refractivity contribution in [1.29, 1.82) is 0 Å². The molecule has 4 rings (SSSR count). The predicted molar refractivity (Wildman–Crippen MR) is 205 cm³/mol. The Hall–Kier alpha value is -4.91. The van der Waals surface area contributed by atoms with Crippen LogP contribution in [0.2, 0.25) is 0 Å². The van der Waals surface area contributed by atoms with Gasteiger partial charge in [-0.05, 0) is 53.8 Å². The van der Waals surface area contributed by atoms with Crippen molar-refractivity contribution in [3.63, 3.8) is 0 Å². The summed E-state index contributed by atoms with van der Waals surface area (Å²) in [5, 5.41) is 6.40.